The molecule has 0 aromatic carbocycles. The molecule has 160 valence electrons. The van der Waals surface area contributed by atoms with Gasteiger partial charge < -0.3 is 0 Å². The Morgan fingerprint density at radius 1 is 0.577 bits per heavy atom. The molecule has 0 bridgehead atoms. The van der Waals surface area contributed by atoms with Gasteiger partial charge >= 0.3 is 167 Å². The first kappa shape index (κ1) is 26.5. The fourth-order valence-electron chi connectivity index (χ4n) is 4.05. The van der Waals surface area contributed by atoms with Gasteiger partial charge in [-0.3, -0.25) is 0 Å². The van der Waals surface area contributed by atoms with Gasteiger partial charge in [0, 0.05) is 0 Å². The van der Waals surface area contributed by atoms with E-state index in [-0.39, 0.29) is 0 Å². The molecule has 0 atom stereocenters. The van der Waals surface area contributed by atoms with Gasteiger partial charge in [-0.05, 0) is 0 Å². The van der Waals surface area contributed by atoms with Crippen molar-refractivity contribution in [2.45, 2.75) is 41.5 Å². The Kier molecular flexibility index (Phi) is 13.1. The van der Waals surface area contributed by atoms with Crippen LogP contribution in [0.1, 0.15) is 41.5 Å². The van der Waals surface area contributed by atoms with E-state index in [2.05, 4.69) is 60.2 Å². The summed E-state index contributed by atoms with van der Waals surface area (Å²) in [5.41, 5.74) is 0. The predicted molar refractivity (Wildman–Crippen MR) is 117 cm³/mol. The molecule has 6 nitrogen and oxygen atoms in total. The summed E-state index contributed by atoms with van der Waals surface area (Å²) < 4.78 is 20.9. The number of ether oxygens (including phenoxy) is 2. The van der Waals surface area contributed by atoms with Crippen molar-refractivity contribution < 1.29 is 9.47 Å². The molecular formula is C18H44ClN4O2P. The van der Waals surface area contributed by atoms with E-state index < -0.39 is 6.56 Å². The van der Waals surface area contributed by atoms with Crippen LogP contribution in [0.25, 0.3) is 0 Å². The Balaban J connectivity index is 6.69. The number of hydrogen-bond acceptors (Lipinski definition) is 6. The van der Waals surface area contributed by atoms with E-state index in [0.29, 0.717) is 13.2 Å². The molecule has 0 saturated carbocycles. The molecule has 0 aliphatic rings. The third-order valence-corrected chi connectivity index (χ3v) is 13.8. The van der Waals surface area contributed by atoms with Crippen LogP contribution >= 0.6 is 17.8 Å². The van der Waals surface area contributed by atoms with E-state index in [4.69, 9.17) is 20.7 Å². The van der Waals surface area contributed by atoms with Crippen molar-refractivity contribution in [3.05, 3.63) is 0 Å². The van der Waals surface area contributed by atoms with E-state index in [1.54, 1.807) is 14.2 Å². The van der Waals surface area contributed by atoms with Gasteiger partial charge in [0.25, 0.3) is 0 Å². The maximum atomic E-state index is 8.06. The summed E-state index contributed by atoms with van der Waals surface area (Å²) in [6.45, 7) is 18.3. The Hall–Kier alpha value is 0.480. The Morgan fingerprint density at radius 2 is 0.846 bits per heavy atom. The van der Waals surface area contributed by atoms with E-state index in [9.17, 15) is 0 Å². The van der Waals surface area contributed by atoms with Crippen LogP contribution in [-0.4, -0.2) is 98.5 Å². The van der Waals surface area contributed by atoms with Crippen molar-refractivity contribution in [3.63, 3.8) is 0 Å². The first-order valence-corrected chi connectivity index (χ1v) is 13.1. The third kappa shape index (κ3) is 4.90. The van der Waals surface area contributed by atoms with E-state index in [1.165, 1.54) is 0 Å². The summed E-state index contributed by atoms with van der Waals surface area (Å²) in [6.07, 6.45) is 0. The van der Waals surface area contributed by atoms with Crippen LogP contribution in [0.2, 0.25) is 0 Å². The Morgan fingerprint density at radius 3 is 1.04 bits per heavy atom. The maximum absolute atomic E-state index is 8.06. The SMILES string of the molecule is CCN(CC)P(Cl)(N(CC)CC)(N(CC)CC)N(CCOC)CCOC. The number of nitrogens with zero attached hydrogens (tertiary/aromatic N) is 4. The summed E-state index contributed by atoms with van der Waals surface area (Å²) in [5.74, 6) is 0. The van der Waals surface area contributed by atoms with Crippen molar-refractivity contribution in [1.82, 2.24) is 18.7 Å². The molecule has 0 aromatic heterocycles. The second-order valence-electron chi connectivity index (χ2n) is 6.20. The molecular weight excluding hydrogens is 371 g/mol. The number of halogens is 1. The average molecular weight is 415 g/mol. The molecule has 0 spiro atoms. The minimum absolute atomic E-state index is 0.651. The van der Waals surface area contributed by atoms with Gasteiger partial charge in [0.2, 0.25) is 0 Å². The number of hydrogen-bond donors (Lipinski definition) is 0. The number of rotatable bonds is 16. The zero-order valence-corrected chi connectivity index (χ0v) is 20.2. The second kappa shape index (κ2) is 12.8. The molecule has 0 aliphatic heterocycles. The molecule has 0 radical (unpaired) electrons. The van der Waals surface area contributed by atoms with E-state index in [0.717, 1.165) is 52.4 Å². The molecule has 0 unspecified atom stereocenters. The van der Waals surface area contributed by atoms with Gasteiger partial charge in [-0.25, -0.2) is 0 Å². The standard InChI is InChI=1S/C18H44ClN4O2P/c1-9-20(10-2)26(19,21(11-3)12-4,22(13-5)14-6)23(15-17-24-7)16-18-25-8/h9-18H2,1-8H3. The van der Waals surface area contributed by atoms with Crippen molar-refractivity contribution in [2.24, 2.45) is 0 Å². The van der Waals surface area contributed by atoms with E-state index in [1.807, 2.05) is 0 Å². The van der Waals surface area contributed by atoms with Crippen LogP contribution < -0.4 is 0 Å². The van der Waals surface area contributed by atoms with Crippen molar-refractivity contribution in [1.29, 1.82) is 0 Å². The molecule has 0 amide bonds. The fourth-order valence-corrected chi connectivity index (χ4v) is 12.3. The van der Waals surface area contributed by atoms with Crippen LogP contribution in [0, 0.1) is 0 Å². The van der Waals surface area contributed by atoms with Gasteiger partial charge in [0.15, 0.2) is 0 Å². The number of methoxy groups -OCH3 is 2. The summed E-state index contributed by atoms with van der Waals surface area (Å²) >= 11 is 8.06. The van der Waals surface area contributed by atoms with Crippen LogP contribution in [-0.2, 0) is 9.47 Å². The molecule has 0 heterocycles. The Labute approximate surface area is 167 Å². The minimum atomic E-state index is -3.26. The van der Waals surface area contributed by atoms with Gasteiger partial charge in [0.05, 0.1) is 0 Å². The van der Waals surface area contributed by atoms with Crippen LogP contribution in [0.3, 0.4) is 0 Å². The molecule has 8 heteroatoms. The molecule has 0 aliphatic carbocycles. The van der Waals surface area contributed by atoms with Gasteiger partial charge in [0.1, 0.15) is 0 Å². The van der Waals surface area contributed by atoms with Crippen molar-refractivity contribution >= 4 is 17.8 Å². The molecule has 0 rings (SSSR count). The van der Waals surface area contributed by atoms with Crippen LogP contribution in [0.15, 0.2) is 0 Å². The predicted octanol–water partition coefficient (Wildman–Crippen LogP) is 3.97. The van der Waals surface area contributed by atoms with Gasteiger partial charge in [-0.15, -0.1) is 0 Å². The summed E-state index contributed by atoms with van der Waals surface area (Å²) in [7, 11) is 3.51. The van der Waals surface area contributed by atoms with Crippen LogP contribution in [0.5, 0.6) is 0 Å². The molecule has 0 saturated heterocycles. The topological polar surface area (TPSA) is 31.4 Å². The fraction of sp³-hybridized carbons (Fsp3) is 1.00. The Bertz CT molecular complexity index is 325. The monoisotopic (exact) mass is 414 g/mol. The molecule has 0 fully saturated rings. The normalized spacial score (nSPS) is 14.6. The second-order valence-corrected chi connectivity index (χ2v) is 12.0. The molecule has 0 N–H and O–H groups in total. The van der Waals surface area contributed by atoms with Gasteiger partial charge in [-0.1, -0.05) is 0 Å². The van der Waals surface area contributed by atoms with Crippen molar-refractivity contribution in [2.75, 3.05) is 79.8 Å². The first-order valence-electron chi connectivity index (χ1n) is 10.1. The van der Waals surface area contributed by atoms with Crippen molar-refractivity contribution in [3.8, 4) is 0 Å². The summed E-state index contributed by atoms with van der Waals surface area (Å²) in [4.78, 5) is 0. The first-order chi connectivity index (χ1) is 12.4. The molecule has 26 heavy (non-hydrogen) atoms. The van der Waals surface area contributed by atoms with Crippen LogP contribution in [0.4, 0.5) is 0 Å². The average Bonchev–Trinajstić information content (AvgIpc) is 2.64. The quantitative estimate of drug-likeness (QED) is 0.355. The summed E-state index contributed by atoms with van der Waals surface area (Å²) in [5, 5.41) is 0. The zero-order chi connectivity index (χ0) is 20.2. The van der Waals surface area contributed by atoms with E-state index >= 15 is 0 Å². The zero-order valence-electron chi connectivity index (χ0n) is 18.5. The third-order valence-electron chi connectivity index (χ3n) is 5.24. The van der Waals surface area contributed by atoms with Gasteiger partial charge in [-0.2, -0.15) is 0 Å². The molecule has 0 aromatic rings. The summed E-state index contributed by atoms with van der Waals surface area (Å²) in [6, 6.07) is 0.